The van der Waals surface area contributed by atoms with Gasteiger partial charge in [-0.15, -0.1) is 0 Å². The number of phenols is 1. The zero-order chi connectivity index (χ0) is 16.1. The van der Waals surface area contributed by atoms with E-state index in [9.17, 15) is 14.7 Å². The molecule has 5 nitrogen and oxygen atoms in total. The highest BCUT2D eigenvalue weighted by molar-refractivity contribution is 6.05. The van der Waals surface area contributed by atoms with E-state index in [1.807, 2.05) is 6.92 Å². The van der Waals surface area contributed by atoms with Crippen molar-refractivity contribution in [1.29, 1.82) is 0 Å². The Morgan fingerprint density at radius 2 is 1.82 bits per heavy atom. The highest BCUT2D eigenvalue weighted by Gasteiger charge is 2.10. The lowest BCUT2D eigenvalue weighted by Crippen LogP contribution is -2.12. The third kappa shape index (κ3) is 3.63. The molecule has 0 aromatic heterocycles. The second kappa shape index (κ2) is 6.76. The number of aromatic hydroxyl groups is 1. The summed E-state index contributed by atoms with van der Waals surface area (Å²) in [6, 6.07) is 11.1. The lowest BCUT2D eigenvalue weighted by molar-refractivity contribution is 0.100. The molecule has 0 unspecified atom stereocenters. The summed E-state index contributed by atoms with van der Waals surface area (Å²) in [5.41, 5.74) is 1.09. The number of rotatable bonds is 5. The monoisotopic (exact) mass is 299 g/mol. The van der Waals surface area contributed by atoms with Crippen LogP contribution in [0.3, 0.4) is 0 Å². The SMILES string of the molecule is CCOc1ccc(C(=O)Nc2ccc(O)c(C(C)=O)c2)cc1. The summed E-state index contributed by atoms with van der Waals surface area (Å²) in [6.45, 7) is 3.80. The van der Waals surface area contributed by atoms with Crippen molar-refractivity contribution in [2.75, 3.05) is 11.9 Å². The zero-order valence-corrected chi connectivity index (χ0v) is 12.4. The van der Waals surface area contributed by atoms with E-state index in [0.29, 0.717) is 23.6 Å². The molecule has 0 heterocycles. The van der Waals surface area contributed by atoms with Crippen LogP contribution in [0.1, 0.15) is 34.6 Å². The second-order valence-corrected chi connectivity index (χ2v) is 4.70. The smallest absolute Gasteiger partial charge is 0.255 e. The topological polar surface area (TPSA) is 75.6 Å². The highest BCUT2D eigenvalue weighted by Crippen LogP contribution is 2.22. The maximum Gasteiger partial charge on any atom is 0.255 e. The Morgan fingerprint density at radius 3 is 2.41 bits per heavy atom. The van der Waals surface area contributed by atoms with Gasteiger partial charge in [0, 0.05) is 11.3 Å². The average Bonchev–Trinajstić information content (AvgIpc) is 2.50. The van der Waals surface area contributed by atoms with Gasteiger partial charge in [-0.1, -0.05) is 0 Å². The third-order valence-corrected chi connectivity index (χ3v) is 3.06. The van der Waals surface area contributed by atoms with Gasteiger partial charge >= 0.3 is 0 Å². The van der Waals surface area contributed by atoms with E-state index < -0.39 is 0 Å². The fraction of sp³-hybridized carbons (Fsp3) is 0.176. The van der Waals surface area contributed by atoms with Crippen LogP contribution in [0.5, 0.6) is 11.5 Å². The molecule has 0 fully saturated rings. The molecular weight excluding hydrogens is 282 g/mol. The Labute approximate surface area is 128 Å². The highest BCUT2D eigenvalue weighted by atomic mass is 16.5. The minimum Gasteiger partial charge on any atom is -0.507 e. The van der Waals surface area contributed by atoms with E-state index in [2.05, 4.69) is 5.32 Å². The standard InChI is InChI=1S/C17H17NO4/c1-3-22-14-7-4-12(5-8-14)17(21)18-13-6-9-16(20)15(10-13)11(2)19/h4-10,20H,3H2,1-2H3,(H,18,21). The molecule has 114 valence electrons. The molecule has 0 spiro atoms. The molecule has 0 bridgehead atoms. The molecule has 0 radical (unpaired) electrons. The van der Waals surface area contributed by atoms with Crippen molar-refractivity contribution in [3.63, 3.8) is 0 Å². The van der Waals surface area contributed by atoms with Crippen molar-refractivity contribution in [2.24, 2.45) is 0 Å². The number of Topliss-reactive ketones (excluding diaryl/α,β-unsaturated/α-hetero) is 1. The van der Waals surface area contributed by atoms with Gasteiger partial charge in [-0.05, 0) is 56.3 Å². The molecule has 0 aliphatic heterocycles. The van der Waals surface area contributed by atoms with Crippen LogP contribution in [-0.2, 0) is 0 Å². The fourth-order valence-corrected chi connectivity index (χ4v) is 1.97. The molecular formula is C17H17NO4. The number of phenolic OH excluding ortho intramolecular Hbond substituents is 1. The number of benzene rings is 2. The average molecular weight is 299 g/mol. The minimum atomic E-state index is -0.303. The number of carbonyl (C=O) groups is 2. The van der Waals surface area contributed by atoms with Crippen LogP contribution in [-0.4, -0.2) is 23.4 Å². The van der Waals surface area contributed by atoms with Gasteiger partial charge in [0.25, 0.3) is 5.91 Å². The Kier molecular flexibility index (Phi) is 4.78. The van der Waals surface area contributed by atoms with Crippen LogP contribution in [0, 0.1) is 0 Å². The Balaban J connectivity index is 2.14. The predicted octanol–water partition coefficient (Wildman–Crippen LogP) is 3.25. The van der Waals surface area contributed by atoms with Crippen LogP contribution in [0.4, 0.5) is 5.69 Å². The number of ketones is 1. The molecule has 2 aromatic carbocycles. The summed E-state index contributed by atoms with van der Waals surface area (Å²) in [7, 11) is 0. The third-order valence-electron chi connectivity index (χ3n) is 3.06. The van der Waals surface area contributed by atoms with Crippen molar-refractivity contribution in [3.05, 3.63) is 53.6 Å². The van der Waals surface area contributed by atoms with Gasteiger partial charge < -0.3 is 15.2 Å². The number of amides is 1. The Bertz CT molecular complexity index is 692. The predicted molar refractivity (Wildman–Crippen MR) is 83.7 cm³/mol. The molecule has 1 amide bonds. The van der Waals surface area contributed by atoms with E-state index in [1.54, 1.807) is 24.3 Å². The molecule has 0 aliphatic rings. The van der Waals surface area contributed by atoms with Crippen molar-refractivity contribution in [1.82, 2.24) is 0 Å². The molecule has 2 aromatic rings. The molecule has 0 saturated carbocycles. The van der Waals surface area contributed by atoms with Gasteiger partial charge in [0.1, 0.15) is 11.5 Å². The van der Waals surface area contributed by atoms with Crippen LogP contribution < -0.4 is 10.1 Å². The van der Waals surface area contributed by atoms with Crippen molar-refractivity contribution in [3.8, 4) is 11.5 Å². The van der Waals surface area contributed by atoms with Gasteiger partial charge in [-0.2, -0.15) is 0 Å². The zero-order valence-electron chi connectivity index (χ0n) is 12.4. The first kappa shape index (κ1) is 15.6. The summed E-state index contributed by atoms with van der Waals surface area (Å²) >= 11 is 0. The summed E-state index contributed by atoms with van der Waals surface area (Å²) in [5.74, 6) is 0.0204. The molecule has 5 heteroatoms. The second-order valence-electron chi connectivity index (χ2n) is 4.70. The van der Waals surface area contributed by atoms with Gasteiger partial charge in [-0.3, -0.25) is 9.59 Å². The van der Waals surface area contributed by atoms with Crippen molar-refractivity contribution < 1.29 is 19.4 Å². The normalized spacial score (nSPS) is 10.1. The molecule has 0 saturated heterocycles. The van der Waals surface area contributed by atoms with Gasteiger partial charge in [-0.25, -0.2) is 0 Å². The van der Waals surface area contributed by atoms with E-state index in [1.165, 1.54) is 25.1 Å². The van der Waals surface area contributed by atoms with E-state index in [-0.39, 0.29) is 23.0 Å². The van der Waals surface area contributed by atoms with Gasteiger partial charge in [0.05, 0.1) is 12.2 Å². The molecule has 0 atom stereocenters. The Morgan fingerprint density at radius 1 is 1.14 bits per heavy atom. The summed E-state index contributed by atoms with van der Waals surface area (Å²) in [5, 5.41) is 12.3. The maximum atomic E-state index is 12.1. The van der Waals surface area contributed by atoms with E-state index >= 15 is 0 Å². The van der Waals surface area contributed by atoms with Crippen molar-refractivity contribution >= 4 is 17.4 Å². The lowest BCUT2D eigenvalue weighted by atomic mass is 10.1. The number of anilines is 1. The number of nitrogens with one attached hydrogen (secondary N) is 1. The lowest BCUT2D eigenvalue weighted by Gasteiger charge is -2.08. The van der Waals surface area contributed by atoms with Crippen molar-refractivity contribution in [2.45, 2.75) is 13.8 Å². The maximum absolute atomic E-state index is 12.1. The van der Waals surface area contributed by atoms with Gasteiger partial charge in [0.15, 0.2) is 5.78 Å². The van der Waals surface area contributed by atoms with Crippen LogP contribution in [0.2, 0.25) is 0 Å². The first-order chi connectivity index (χ1) is 10.5. The fourth-order valence-electron chi connectivity index (χ4n) is 1.97. The molecule has 2 N–H and O–H groups in total. The first-order valence-corrected chi connectivity index (χ1v) is 6.89. The molecule has 0 aliphatic carbocycles. The number of hydrogen-bond donors (Lipinski definition) is 2. The minimum absolute atomic E-state index is 0.105. The number of ether oxygens (including phenoxy) is 1. The number of hydrogen-bond acceptors (Lipinski definition) is 4. The van der Waals surface area contributed by atoms with Crippen LogP contribution in [0.25, 0.3) is 0 Å². The van der Waals surface area contributed by atoms with Gasteiger partial charge in [0.2, 0.25) is 0 Å². The Hall–Kier alpha value is -2.82. The quantitative estimate of drug-likeness (QED) is 0.656. The van der Waals surface area contributed by atoms with Crippen LogP contribution >= 0.6 is 0 Å². The summed E-state index contributed by atoms with van der Waals surface area (Å²) in [4.78, 5) is 23.5. The number of carbonyl (C=O) groups excluding carboxylic acids is 2. The first-order valence-electron chi connectivity index (χ1n) is 6.89. The van der Waals surface area contributed by atoms with E-state index in [4.69, 9.17) is 4.74 Å². The van der Waals surface area contributed by atoms with Crippen LogP contribution in [0.15, 0.2) is 42.5 Å². The molecule has 22 heavy (non-hydrogen) atoms. The molecule has 2 rings (SSSR count). The summed E-state index contributed by atoms with van der Waals surface area (Å²) < 4.78 is 5.32. The summed E-state index contributed by atoms with van der Waals surface area (Å²) in [6.07, 6.45) is 0. The van der Waals surface area contributed by atoms with E-state index in [0.717, 1.165) is 0 Å². The largest absolute Gasteiger partial charge is 0.507 e.